The van der Waals surface area contributed by atoms with Gasteiger partial charge < -0.3 is 9.88 Å². The number of nitrogens with one attached hydrogen (secondary N) is 1. The molecule has 1 saturated heterocycles. The third kappa shape index (κ3) is 3.37. The van der Waals surface area contributed by atoms with Crippen LogP contribution in [0, 0.1) is 5.82 Å². The SMILES string of the molecule is Cl.O=S(=O)(c1cccc(F)c1)c1ccc2c(ccn2C2CCNCC2)c1. The number of rotatable bonds is 3. The first-order valence-corrected chi connectivity index (χ1v) is 9.86. The van der Waals surface area contributed by atoms with E-state index in [1.165, 1.54) is 18.2 Å². The lowest BCUT2D eigenvalue weighted by atomic mass is 10.1. The van der Waals surface area contributed by atoms with Crippen molar-refractivity contribution in [1.82, 2.24) is 9.88 Å². The van der Waals surface area contributed by atoms with Gasteiger partial charge in [-0.1, -0.05) is 6.07 Å². The van der Waals surface area contributed by atoms with Crippen LogP contribution in [0.25, 0.3) is 10.9 Å². The smallest absolute Gasteiger partial charge is 0.206 e. The largest absolute Gasteiger partial charge is 0.344 e. The Morgan fingerprint density at radius 1 is 1.00 bits per heavy atom. The van der Waals surface area contributed by atoms with Crippen LogP contribution in [-0.2, 0) is 9.84 Å². The zero-order valence-electron chi connectivity index (χ0n) is 14.1. The van der Waals surface area contributed by atoms with Gasteiger partial charge in [0, 0.05) is 23.1 Å². The van der Waals surface area contributed by atoms with E-state index >= 15 is 0 Å². The van der Waals surface area contributed by atoms with E-state index in [4.69, 9.17) is 0 Å². The zero-order chi connectivity index (χ0) is 17.4. The van der Waals surface area contributed by atoms with Crippen molar-refractivity contribution in [2.45, 2.75) is 28.7 Å². The average molecular weight is 395 g/mol. The van der Waals surface area contributed by atoms with Gasteiger partial charge in [-0.05, 0) is 68.4 Å². The van der Waals surface area contributed by atoms with Crippen molar-refractivity contribution >= 4 is 33.1 Å². The molecule has 1 aliphatic rings. The number of hydrogen-bond donors (Lipinski definition) is 1. The topological polar surface area (TPSA) is 51.1 Å². The van der Waals surface area contributed by atoms with Crippen molar-refractivity contribution < 1.29 is 12.8 Å². The minimum Gasteiger partial charge on any atom is -0.344 e. The van der Waals surface area contributed by atoms with Gasteiger partial charge in [0.25, 0.3) is 0 Å². The fourth-order valence-electron chi connectivity index (χ4n) is 3.48. The summed E-state index contributed by atoms with van der Waals surface area (Å²) >= 11 is 0. The van der Waals surface area contributed by atoms with E-state index in [1.807, 2.05) is 18.3 Å². The summed E-state index contributed by atoms with van der Waals surface area (Å²) in [6.07, 6.45) is 4.15. The summed E-state index contributed by atoms with van der Waals surface area (Å²) in [4.78, 5) is 0.165. The molecule has 2 aromatic carbocycles. The Hall–Kier alpha value is -1.89. The number of hydrogen-bond acceptors (Lipinski definition) is 3. The second kappa shape index (κ2) is 7.39. The van der Waals surface area contributed by atoms with E-state index in [-0.39, 0.29) is 22.2 Å². The second-order valence-corrected chi connectivity index (χ2v) is 8.34. The predicted octanol–water partition coefficient (Wildman–Crippen LogP) is 3.96. The molecule has 7 heteroatoms. The first kappa shape index (κ1) is 18.9. The molecular formula is C19H20ClFN2O2S. The summed E-state index contributed by atoms with van der Waals surface area (Å²) < 4.78 is 41.1. The van der Waals surface area contributed by atoms with Gasteiger partial charge in [0.05, 0.1) is 9.79 Å². The van der Waals surface area contributed by atoms with E-state index < -0.39 is 15.7 Å². The first-order valence-electron chi connectivity index (χ1n) is 8.38. The minimum absolute atomic E-state index is 0. The molecule has 138 valence electrons. The van der Waals surface area contributed by atoms with Gasteiger partial charge >= 0.3 is 0 Å². The number of halogens is 2. The highest BCUT2D eigenvalue weighted by Gasteiger charge is 2.21. The van der Waals surface area contributed by atoms with Gasteiger partial charge in [-0.3, -0.25) is 0 Å². The highest BCUT2D eigenvalue weighted by Crippen LogP contribution is 2.29. The van der Waals surface area contributed by atoms with Crippen LogP contribution >= 0.6 is 12.4 Å². The molecule has 0 saturated carbocycles. The van der Waals surface area contributed by atoms with Crippen molar-refractivity contribution in [3.05, 3.63) is 60.5 Å². The summed E-state index contributed by atoms with van der Waals surface area (Å²) in [6.45, 7) is 1.99. The molecule has 26 heavy (non-hydrogen) atoms. The lowest BCUT2D eigenvalue weighted by Gasteiger charge is -2.25. The Morgan fingerprint density at radius 2 is 1.73 bits per heavy atom. The average Bonchev–Trinajstić information content (AvgIpc) is 3.05. The van der Waals surface area contributed by atoms with Crippen molar-refractivity contribution in [2.75, 3.05) is 13.1 Å². The van der Waals surface area contributed by atoms with Crippen LogP contribution in [0.3, 0.4) is 0 Å². The van der Waals surface area contributed by atoms with Gasteiger partial charge in [-0.15, -0.1) is 12.4 Å². The second-order valence-electron chi connectivity index (χ2n) is 6.39. The number of nitrogens with zero attached hydrogens (tertiary/aromatic N) is 1. The van der Waals surface area contributed by atoms with Crippen LogP contribution in [-0.4, -0.2) is 26.1 Å². The lowest BCUT2D eigenvalue weighted by Crippen LogP contribution is -2.29. The van der Waals surface area contributed by atoms with Gasteiger partial charge in [0.15, 0.2) is 0 Å². The normalized spacial score (nSPS) is 15.7. The maximum absolute atomic E-state index is 13.4. The van der Waals surface area contributed by atoms with Crippen molar-refractivity contribution in [2.24, 2.45) is 0 Å². The first-order chi connectivity index (χ1) is 12.1. The molecule has 0 radical (unpaired) electrons. The number of benzene rings is 2. The van der Waals surface area contributed by atoms with Gasteiger partial charge in [0.2, 0.25) is 9.84 Å². The molecule has 0 bridgehead atoms. The Bertz CT molecular complexity index is 1030. The molecule has 0 atom stereocenters. The highest BCUT2D eigenvalue weighted by atomic mass is 35.5. The van der Waals surface area contributed by atoms with Crippen LogP contribution in [0.2, 0.25) is 0 Å². The fraction of sp³-hybridized carbons (Fsp3) is 0.263. The van der Waals surface area contributed by atoms with Crippen molar-refractivity contribution in [3.63, 3.8) is 0 Å². The summed E-state index contributed by atoms with van der Waals surface area (Å²) in [6, 6.07) is 12.6. The number of sulfone groups is 1. The predicted molar refractivity (Wildman–Crippen MR) is 102 cm³/mol. The van der Waals surface area contributed by atoms with Crippen LogP contribution in [0.4, 0.5) is 4.39 Å². The summed E-state index contributed by atoms with van der Waals surface area (Å²) in [7, 11) is -3.73. The van der Waals surface area contributed by atoms with E-state index in [1.54, 1.807) is 12.1 Å². The Balaban J connectivity index is 0.00000196. The quantitative estimate of drug-likeness (QED) is 0.731. The molecular weight excluding hydrogens is 375 g/mol. The molecule has 2 heterocycles. The molecule has 0 aliphatic carbocycles. The molecule has 4 rings (SSSR count). The van der Waals surface area contributed by atoms with Crippen molar-refractivity contribution in [3.8, 4) is 0 Å². The molecule has 3 aromatic rings. The molecule has 1 N–H and O–H groups in total. The molecule has 1 fully saturated rings. The maximum Gasteiger partial charge on any atom is 0.206 e. The molecule has 0 unspecified atom stereocenters. The lowest BCUT2D eigenvalue weighted by molar-refractivity contribution is 0.376. The van der Waals surface area contributed by atoms with Gasteiger partial charge in [-0.25, -0.2) is 12.8 Å². The summed E-state index contributed by atoms with van der Waals surface area (Å²) in [5.41, 5.74) is 1.03. The van der Waals surface area contributed by atoms with Crippen LogP contribution in [0.5, 0.6) is 0 Å². The van der Waals surface area contributed by atoms with E-state index in [0.717, 1.165) is 42.9 Å². The number of piperidine rings is 1. The van der Waals surface area contributed by atoms with Crippen LogP contribution in [0.15, 0.2) is 64.5 Å². The maximum atomic E-state index is 13.4. The monoisotopic (exact) mass is 394 g/mol. The van der Waals surface area contributed by atoms with Crippen molar-refractivity contribution in [1.29, 1.82) is 0 Å². The molecule has 0 amide bonds. The van der Waals surface area contributed by atoms with Crippen LogP contribution in [0.1, 0.15) is 18.9 Å². The zero-order valence-corrected chi connectivity index (χ0v) is 15.7. The Labute approximate surface area is 158 Å². The molecule has 1 aliphatic heterocycles. The summed E-state index contributed by atoms with van der Waals surface area (Å²) in [5.74, 6) is -0.556. The highest BCUT2D eigenvalue weighted by molar-refractivity contribution is 7.91. The van der Waals surface area contributed by atoms with E-state index in [2.05, 4.69) is 9.88 Å². The summed E-state index contributed by atoms with van der Waals surface area (Å²) in [5, 5.41) is 4.24. The number of aromatic nitrogens is 1. The van der Waals surface area contributed by atoms with Gasteiger partial charge in [-0.2, -0.15) is 0 Å². The molecule has 1 aromatic heterocycles. The van der Waals surface area contributed by atoms with Crippen LogP contribution < -0.4 is 5.32 Å². The Kier molecular flexibility index (Phi) is 5.37. The standard InChI is InChI=1S/C19H19FN2O2S.ClH/c20-15-2-1-3-17(13-15)25(23,24)18-4-5-19-14(12-18)8-11-22(19)16-6-9-21-10-7-16;/h1-5,8,11-13,16,21H,6-7,9-10H2;1H. The Morgan fingerprint density at radius 3 is 2.46 bits per heavy atom. The van der Waals surface area contributed by atoms with Gasteiger partial charge in [0.1, 0.15) is 5.82 Å². The number of fused-ring (bicyclic) bond motifs is 1. The minimum atomic E-state index is -3.73. The fourth-order valence-corrected chi connectivity index (χ4v) is 4.81. The molecule has 4 nitrogen and oxygen atoms in total. The molecule has 0 spiro atoms. The van der Waals surface area contributed by atoms with E-state index in [0.29, 0.717) is 6.04 Å². The third-order valence-corrected chi connectivity index (χ3v) is 6.56. The van der Waals surface area contributed by atoms with E-state index in [9.17, 15) is 12.8 Å². The third-order valence-electron chi connectivity index (χ3n) is 4.81.